The van der Waals surface area contributed by atoms with Gasteiger partial charge in [0.2, 0.25) is 0 Å². The van der Waals surface area contributed by atoms with Crippen molar-refractivity contribution >= 4 is 5.97 Å². The number of pyridine rings is 1. The summed E-state index contributed by atoms with van der Waals surface area (Å²) in [5, 5.41) is 8.89. The number of aromatic nitrogens is 1. The number of carbonyl (C=O) groups excluding carboxylic acids is 1. The molecule has 0 aliphatic rings. The summed E-state index contributed by atoms with van der Waals surface area (Å²) in [7, 11) is 0. The first kappa shape index (κ1) is 21.6. The summed E-state index contributed by atoms with van der Waals surface area (Å²) in [6.45, 7) is 6.60. The van der Waals surface area contributed by atoms with Gasteiger partial charge in [-0.25, -0.2) is 4.57 Å². The van der Waals surface area contributed by atoms with Gasteiger partial charge in [-0.15, -0.1) is 0 Å². The Bertz CT molecular complexity index is 400. The van der Waals surface area contributed by atoms with E-state index in [1.54, 1.807) is 0 Å². The molecule has 0 spiro atoms. The minimum absolute atomic E-state index is 0.972. The Hall–Kier alpha value is -1.38. The van der Waals surface area contributed by atoms with E-state index in [0.717, 1.165) is 6.92 Å². The van der Waals surface area contributed by atoms with Crippen LogP contribution < -0.4 is 9.67 Å². The molecule has 0 radical (unpaired) electrons. The third-order valence-corrected chi connectivity index (χ3v) is 3.78. The van der Waals surface area contributed by atoms with E-state index in [4.69, 9.17) is 9.90 Å². The zero-order valence-corrected chi connectivity index (χ0v) is 15.4. The van der Waals surface area contributed by atoms with Crippen LogP contribution in [0.15, 0.2) is 24.5 Å². The van der Waals surface area contributed by atoms with Gasteiger partial charge in [-0.05, 0) is 26.3 Å². The van der Waals surface area contributed by atoms with Gasteiger partial charge in [-0.1, -0.05) is 58.3 Å². The van der Waals surface area contributed by atoms with E-state index in [9.17, 15) is 0 Å². The Morgan fingerprint density at radius 2 is 1.48 bits per heavy atom. The van der Waals surface area contributed by atoms with Crippen LogP contribution in [0.1, 0.15) is 83.6 Å². The Kier molecular flexibility index (Phi) is 14.6. The third kappa shape index (κ3) is 16.8. The van der Waals surface area contributed by atoms with Gasteiger partial charge in [0, 0.05) is 24.0 Å². The van der Waals surface area contributed by atoms with Crippen LogP contribution in [0.25, 0.3) is 0 Å². The molecule has 0 aliphatic heterocycles. The molecule has 132 valence electrons. The summed E-state index contributed by atoms with van der Waals surface area (Å²) < 4.78 is 2.32. The zero-order valence-electron chi connectivity index (χ0n) is 15.4. The van der Waals surface area contributed by atoms with E-state index in [2.05, 4.69) is 42.9 Å². The molecule has 0 N–H and O–H groups in total. The highest BCUT2D eigenvalue weighted by Crippen LogP contribution is 2.10. The molecule has 0 bridgehead atoms. The lowest BCUT2D eigenvalue weighted by Crippen LogP contribution is -2.32. The van der Waals surface area contributed by atoms with Crippen LogP contribution in [0.2, 0.25) is 0 Å². The van der Waals surface area contributed by atoms with Gasteiger partial charge in [-0.2, -0.15) is 0 Å². The van der Waals surface area contributed by atoms with Crippen molar-refractivity contribution < 1.29 is 14.5 Å². The van der Waals surface area contributed by atoms with E-state index >= 15 is 0 Å². The average molecular weight is 322 g/mol. The summed E-state index contributed by atoms with van der Waals surface area (Å²) in [6.07, 6.45) is 18.6. The van der Waals surface area contributed by atoms with Crippen molar-refractivity contribution in [2.24, 2.45) is 0 Å². The predicted molar refractivity (Wildman–Crippen MR) is 93.9 cm³/mol. The quantitative estimate of drug-likeness (QED) is 0.457. The summed E-state index contributed by atoms with van der Waals surface area (Å²) in [4.78, 5) is 8.89. The minimum Gasteiger partial charge on any atom is -0.550 e. The van der Waals surface area contributed by atoms with Crippen molar-refractivity contribution in [2.75, 3.05) is 0 Å². The molecule has 1 rings (SSSR count). The highest BCUT2D eigenvalue weighted by Gasteiger charge is 1.99. The number of rotatable bonds is 11. The number of hydrogen-bond donors (Lipinski definition) is 0. The second kappa shape index (κ2) is 15.5. The molecule has 23 heavy (non-hydrogen) atoms. The van der Waals surface area contributed by atoms with E-state index in [-0.39, 0.29) is 0 Å². The van der Waals surface area contributed by atoms with Gasteiger partial charge < -0.3 is 9.90 Å². The standard InChI is InChI=1S/C18H32N.C2H4O2/c1-3-4-5-6-7-8-9-10-11-12-15-19-16-13-14-18(2)17-19;1-2(3)4/h13-14,16-17H,3-12,15H2,1-2H3;1H3,(H,3,4)/q+1;/p-1. The minimum atomic E-state index is -1.08. The molecule has 3 nitrogen and oxygen atoms in total. The van der Waals surface area contributed by atoms with Crippen molar-refractivity contribution in [1.29, 1.82) is 0 Å². The highest BCUT2D eigenvalue weighted by molar-refractivity contribution is 5.60. The fraction of sp³-hybridized carbons (Fsp3) is 0.700. The van der Waals surface area contributed by atoms with E-state index in [1.165, 1.54) is 76.3 Å². The van der Waals surface area contributed by atoms with Gasteiger partial charge in [0.15, 0.2) is 12.4 Å². The lowest BCUT2D eigenvalue weighted by Gasteiger charge is -2.01. The van der Waals surface area contributed by atoms with Gasteiger partial charge >= 0.3 is 0 Å². The number of hydrogen-bond acceptors (Lipinski definition) is 2. The first-order chi connectivity index (χ1) is 11.1. The van der Waals surface area contributed by atoms with Crippen LogP contribution in [0.4, 0.5) is 0 Å². The molecule has 0 unspecified atom stereocenters. The van der Waals surface area contributed by atoms with Crippen LogP contribution in [0.5, 0.6) is 0 Å². The Morgan fingerprint density at radius 1 is 1.00 bits per heavy atom. The van der Waals surface area contributed by atoms with Gasteiger partial charge in [-0.3, -0.25) is 0 Å². The molecule has 3 heteroatoms. The molecule has 0 saturated carbocycles. The van der Waals surface area contributed by atoms with Crippen molar-refractivity contribution in [3.8, 4) is 0 Å². The van der Waals surface area contributed by atoms with Crippen LogP contribution in [-0.4, -0.2) is 5.97 Å². The molecule has 0 aromatic carbocycles. The molecule has 0 atom stereocenters. The Labute approximate surface area is 142 Å². The zero-order chi connectivity index (χ0) is 17.3. The molecule has 1 heterocycles. The van der Waals surface area contributed by atoms with Crippen LogP contribution >= 0.6 is 0 Å². The average Bonchev–Trinajstić information content (AvgIpc) is 2.49. The largest absolute Gasteiger partial charge is 0.550 e. The summed E-state index contributed by atoms with van der Waals surface area (Å²) >= 11 is 0. The molecule has 0 amide bonds. The summed E-state index contributed by atoms with van der Waals surface area (Å²) in [6, 6.07) is 4.31. The molecule has 0 aliphatic carbocycles. The predicted octanol–water partition coefficient (Wildman–Crippen LogP) is 3.96. The van der Waals surface area contributed by atoms with Gasteiger partial charge in [0.25, 0.3) is 0 Å². The molecule has 0 saturated heterocycles. The van der Waals surface area contributed by atoms with Crippen LogP contribution in [0, 0.1) is 6.92 Å². The Morgan fingerprint density at radius 3 is 1.96 bits per heavy atom. The molecule has 1 aromatic rings. The monoisotopic (exact) mass is 321 g/mol. The Balaban J connectivity index is 0.00000108. The number of aliphatic carboxylic acids is 1. The lowest BCUT2D eigenvalue weighted by molar-refractivity contribution is -0.697. The maximum Gasteiger partial charge on any atom is 0.171 e. The van der Waals surface area contributed by atoms with Gasteiger partial charge in [0.1, 0.15) is 6.54 Å². The number of carboxylic acids is 1. The SMILES string of the molecule is CC(=O)[O-].CCCCCCCCCCCC[n+]1cccc(C)c1. The molecular formula is C20H35NO2. The number of carbonyl (C=O) groups is 1. The summed E-state index contributed by atoms with van der Waals surface area (Å²) in [5.74, 6) is -1.08. The highest BCUT2D eigenvalue weighted by atomic mass is 16.4. The maximum absolute atomic E-state index is 8.89. The van der Waals surface area contributed by atoms with Crippen LogP contribution in [-0.2, 0) is 11.3 Å². The topological polar surface area (TPSA) is 44.0 Å². The van der Waals surface area contributed by atoms with Crippen LogP contribution in [0.3, 0.4) is 0 Å². The van der Waals surface area contributed by atoms with E-state index in [1.807, 2.05) is 0 Å². The molecule has 0 fully saturated rings. The van der Waals surface area contributed by atoms with Crippen molar-refractivity contribution in [2.45, 2.75) is 91.5 Å². The number of carboxylic acid groups (broad SMARTS) is 1. The fourth-order valence-corrected chi connectivity index (χ4v) is 2.57. The first-order valence-corrected chi connectivity index (χ1v) is 9.19. The molecular weight excluding hydrogens is 286 g/mol. The fourth-order valence-electron chi connectivity index (χ4n) is 2.57. The smallest absolute Gasteiger partial charge is 0.171 e. The summed E-state index contributed by atoms with van der Waals surface area (Å²) in [5.41, 5.74) is 1.36. The second-order valence-corrected chi connectivity index (χ2v) is 6.29. The number of nitrogens with zero attached hydrogens (tertiary/aromatic N) is 1. The van der Waals surface area contributed by atoms with Crippen molar-refractivity contribution in [1.82, 2.24) is 0 Å². The third-order valence-electron chi connectivity index (χ3n) is 3.78. The normalized spacial score (nSPS) is 10.0. The van der Waals surface area contributed by atoms with Crippen molar-refractivity contribution in [3.63, 3.8) is 0 Å². The van der Waals surface area contributed by atoms with Gasteiger partial charge in [0.05, 0.1) is 0 Å². The first-order valence-electron chi connectivity index (χ1n) is 9.19. The lowest BCUT2D eigenvalue weighted by atomic mass is 10.1. The molecule has 1 aromatic heterocycles. The number of aryl methyl sites for hydroxylation is 2. The van der Waals surface area contributed by atoms with Crippen molar-refractivity contribution in [3.05, 3.63) is 30.1 Å². The number of unbranched alkanes of at least 4 members (excludes halogenated alkanes) is 9. The second-order valence-electron chi connectivity index (χ2n) is 6.29. The van der Waals surface area contributed by atoms with E-state index < -0.39 is 5.97 Å². The maximum atomic E-state index is 8.89. The van der Waals surface area contributed by atoms with E-state index in [0.29, 0.717) is 0 Å².